The molecule has 2 atom stereocenters. The van der Waals surface area contributed by atoms with Crippen LogP contribution < -0.4 is 0 Å². The highest BCUT2D eigenvalue weighted by Crippen LogP contribution is 2.27. The van der Waals surface area contributed by atoms with Gasteiger partial charge in [-0.3, -0.25) is 4.79 Å². The van der Waals surface area contributed by atoms with Gasteiger partial charge in [0.2, 0.25) is 0 Å². The molecule has 3 heteroatoms. The first-order chi connectivity index (χ1) is 11.6. The molecule has 0 radical (unpaired) electrons. The number of alkyl halides is 1. The molecule has 0 spiro atoms. The average Bonchev–Trinajstić information content (AvgIpc) is 2.57. The molecule has 2 nitrogen and oxygen atoms in total. The Kier molecular flexibility index (Phi) is 7.76. The van der Waals surface area contributed by atoms with Crippen molar-refractivity contribution >= 4 is 28.6 Å². The van der Waals surface area contributed by atoms with Crippen LogP contribution in [0.5, 0.6) is 0 Å². The van der Waals surface area contributed by atoms with E-state index < -0.39 is 0 Å². The van der Waals surface area contributed by atoms with Crippen molar-refractivity contribution in [2.24, 2.45) is 5.92 Å². The first-order valence-electron chi connectivity index (χ1n) is 8.48. The summed E-state index contributed by atoms with van der Waals surface area (Å²) in [4.78, 5) is 12.9. The molecular formula is C21H25IO2. The number of hydrogen-bond acceptors (Lipinski definition) is 2. The zero-order chi connectivity index (χ0) is 17.4. The van der Waals surface area contributed by atoms with Crippen molar-refractivity contribution in [1.82, 2.24) is 0 Å². The summed E-state index contributed by atoms with van der Waals surface area (Å²) in [5.74, 6) is 0.0351. The highest BCUT2D eigenvalue weighted by atomic mass is 127. The lowest BCUT2D eigenvalue weighted by atomic mass is 9.91. The largest absolute Gasteiger partial charge is 0.462 e. The fraction of sp³-hybridized carbons (Fsp3) is 0.381. The van der Waals surface area contributed by atoms with Crippen molar-refractivity contribution < 1.29 is 9.53 Å². The minimum Gasteiger partial charge on any atom is -0.462 e. The summed E-state index contributed by atoms with van der Waals surface area (Å²) in [6, 6.07) is 19.7. The van der Waals surface area contributed by atoms with E-state index in [0.29, 0.717) is 5.92 Å². The van der Waals surface area contributed by atoms with Gasteiger partial charge in [-0.25, -0.2) is 0 Å². The zero-order valence-corrected chi connectivity index (χ0v) is 16.5. The molecule has 2 aromatic carbocycles. The lowest BCUT2D eigenvalue weighted by Gasteiger charge is -2.22. The van der Waals surface area contributed by atoms with Crippen LogP contribution in [-0.4, -0.2) is 16.5 Å². The van der Waals surface area contributed by atoms with Crippen LogP contribution in [0.1, 0.15) is 43.7 Å². The third-order valence-corrected chi connectivity index (χ3v) is 4.78. The Hall–Kier alpha value is -1.36. The predicted molar refractivity (Wildman–Crippen MR) is 108 cm³/mol. The Labute approximate surface area is 158 Å². The van der Waals surface area contributed by atoms with Crippen molar-refractivity contribution in [2.75, 3.05) is 4.43 Å². The molecule has 2 rings (SSSR count). The van der Waals surface area contributed by atoms with Crippen LogP contribution in [0, 0.1) is 5.92 Å². The number of carbonyl (C=O) groups is 1. The van der Waals surface area contributed by atoms with Crippen molar-refractivity contribution in [3.63, 3.8) is 0 Å². The summed E-state index contributed by atoms with van der Waals surface area (Å²) in [5.41, 5.74) is 1.95. The highest BCUT2D eigenvalue weighted by Gasteiger charge is 2.26. The number of halogens is 1. The first-order valence-corrected chi connectivity index (χ1v) is 10.0. The maximum Gasteiger partial charge on any atom is 0.318 e. The second-order valence-electron chi connectivity index (χ2n) is 6.32. The van der Waals surface area contributed by atoms with E-state index in [1.54, 1.807) is 0 Å². The number of carbonyl (C=O) groups excluding carboxylic acids is 1. The summed E-state index contributed by atoms with van der Waals surface area (Å²) in [7, 11) is 0. The minimum atomic E-state index is -0.366. The molecule has 0 aliphatic rings. The van der Waals surface area contributed by atoms with Crippen LogP contribution in [0.15, 0.2) is 60.7 Å². The summed E-state index contributed by atoms with van der Waals surface area (Å²) in [5, 5.41) is 0. The van der Waals surface area contributed by atoms with E-state index in [0.717, 1.165) is 28.4 Å². The summed E-state index contributed by atoms with van der Waals surface area (Å²) >= 11 is 2.39. The Morgan fingerprint density at radius 3 is 1.92 bits per heavy atom. The Balaban J connectivity index is 2.14. The van der Waals surface area contributed by atoms with Gasteiger partial charge in [0, 0.05) is 0 Å². The minimum absolute atomic E-state index is 0.0645. The van der Waals surface area contributed by atoms with Crippen LogP contribution in [0.2, 0.25) is 0 Å². The van der Waals surface area contributed by atoms with Crippen LogP contribution in [0.25, 0.3) is 0 Å². The third-order valence-electron chi connectivity index (χ3n) is 4.16. The van der Waals surface area contributed by atoms with Crippen LogP contribution in [0.4, 0.5) is 0 Å². The lowest BCUT2D eigenvalue weighted by molar-refractivity contribution is -0.149. The number of benzene rings is 2. The molecule has 0 aliphatic heterocycles. The number of hydrogen-bond donors (Lipinski definition) is 0. The molecule has 24 heavy (non-hydrogen) atoms. The van der Waals surface area contributed by atoms with E-state index in [9.17, 15) is 4.79 Å². The molecule has 128 valence electrons. The summed E-state index contributed by atoms with van der Waals surface area (Å²) in [6.45, 7) is 4.21. The van der Waals surface area contributed by atoms with E-state index in [2.05, 4.69) is 29.5 Å². The van der Waals surface area contributed by atoms with Crippen LogP contribution in [0.3, 0.4) is 0 Å². The van der Waals surface area contributed by atoms with Gasteiger partial charge in [0.1, 0.15) is 5.92 Å². The SMILES string of the molecule is CC(CCI)CC(C)OC(=O)C(c1ccccc1)c1ccccc1. The molecule has 0 aromatic heterocycles. The Morgan fingerprint density at radius 1 is 0.958 bits per heavy atom. The fourth-order valence-electron chi connectivity index (χ4n) is 2.94. The molecular weight excluding hydrogens is 411 g/mol. The maximum atomic E-state index is 12.9. The summed E-state index contributed by atoms with van der Waals surface area (Å²) < 4.78 is 6.93. The van der Waals surface area contributed by atoms with Gasteiger partial charge >= 0.3 is 5.97 Å². The van der Waals surface area contributed by atoms with E-state index in [4.69, 9.17) is 4.74 Å². The smallest absolute Gasteiger partial charge is 0.318 e. The van der Waals surface area contributed by atoms with Gasteiger partial charge in [-0.05, 0) is 41.2 Å². The molecule has 2 aromatic rings. The average molecular weight is 436 g/mol. The van der Waals surface area contributed by atoms with Crippen molar-refractivity contribution in [1.29, 1.82) is 0 Å². The van der Waals surface area contributed by atoms with Gasteiger partial charge < -0.3 is 4.74 Å². The van der Waals surface area contributed by atoms with E-state index in [1.807, 2.05) is 67.6 Å². The number of rotatable bonds is 8. The van der Waals surface area contributed by atoms with Gasteiger partial charge in [-0.15, -0.1) is 0 Å². The molecule has 0 saturated carbocycles. The number of ether oxygens (including phenoxy) is 1. The van der Waals surface area contributed by atoms with Crippen molar-refractivity contribution in [3.8, 4) is 0 Å². The van der Waals surface area contributed by atoms with Crippen molar-refractivity contribution in [2.45, 2.75) is 38.7 Å². The van der Waals surface area contributed by atoms with E-state index in [-0.39, 0.29) is 18.0 Å². The van der Waals surface area contributed by atoms with Crippen LogP contribution in [-0.2, 0) is 9.53 Å². The third kappa shape index (κ3) is 5.62. The predicted octanol–water partition coefficient (Wildman–Crippen LogP) is 5.60. The Bertz CT molecular complexity index is 573. The monoisotopic (exact) mass is 436 g/mol. The van der Waals surface area contributed by atoms with Gasteiger partial charge in [0.15, 0.2) is 0 Å². The normalized spacial score (nSPS) is 13.5. The zero-order valence-electron chi connectivity index (χ0n) is 14.3. The molecule has 0 N–H and O–H groups in total. The second kappa shape index (κ2) is 9.82. The molecule has 2 unspecified atom stereocenters. The van der Waals surface area contributed by atoms with Gasteiger partial charge in [0.25, 0.3) is 0 Å². The van der Waals surface area contributed by atoms with Gasteiger partial charge in [-0.1, -0.05) is 90.2 Å². The maximum absolute atomic E-state index is 12.9. The highest BCUT2D eigenvalue weighted by molar-refractivity contribution is 14.1. The molecule has 0 amide bonds. The van der Waals surface area contributed by atoms with E-state index >= 15 is 0 Å². The molecule has 0 heterocycles. The topological polar surface area (TPSA) is 26.3 Å². The quantitative estimate of drug-likeness (QED) is 0.306. The molecule has 0 aliphatic carbocycles. The molecule has 0 bridgehead atoms. The van der Waals surface area contributed by atoms with Crippen LogP contribution >= 0.6 is 22.6 Å². The fourth-order valence-corrected chi connectivity index (χ4v) is 4.00. The Morgan fingerprint density at radius 2 is 1.46 bits per heavy atom. The molecule has 0 fully saturated rings. The standard InChI is InChI=1S/C21H25IO2/c1-16(13-14-22)15-17(2)24-21(23)20(18-9-5-3-6-10-18)19-11-7-4-8-12-19/h3-12,16-17,20H,13-15H2,1-2H3. The number of esters is 1. The molecule has 0 saturated heterocycles. The van der Waals surface area contributed by atoms with E-state index in [1.165, 1.54) is 0 Å². The first kappa shape index (κ1) is 19.0. The summed E-state index contributed by atoms with van der Waals surface area (Å²) in [6.07, 6.45) is 2.00. The van der Waals surface area contributed by atoms with Gasteiger partial charge in [0.05, 0.1) is 6.10 Å². The lowest BCUT2D eigenvalue weighted by Crippen LogP contribution is -2.23. The second-order valence-corrected chi connectivity index (χ2v) is 7.40. The van der Waals surface area contributed by atoms with Crippen molar-refractivity contribution in [3.05, 3.63) is 71.8 Å². The van der Waals surface area contributed by atoms with Gasteiger partial charge in [-0.2, -0.15) is 0 Å².